The molecule has 27 heavy (non-hydrogen) atoms. The molecule has 1 heterocycles. The third-order valence-corrected chi connectivity index (χ3v) is 5.44. The number of urea groups is 1. The highest BCUT2D eigenvalue weighted by molar-refractivity contribution is 6.07. The zero-order valence-corrected chi connectivity index (χ0v) is 14.9. The van der Waals surface area contributed by atoms with E-state index in [1.54, 1.807) is 19.1 Å². The number of nitro groups is 1. The molecule has 7 nitrogen and oxygen atoms in total. The average molecular weight is 365 g/mol. The monoisotopic (exact) mass is 365 g/mol. The van der Waals surface area contributed by atoms with Gasteiger partial charge in [0.25, 0.3) is 11.6 Å². The topological polar surface area (TPSA) is 92.6 Å². The number of rotatable bonds is 4. The fourth-order valence-electron chi connectivity index (χ4n) is 3.82. The molecule has 1 aliphatic heterocycles. The van der Waals surface area contributed by atoms with Crippen molar-refractivity contribution in [2.45, 2.75) is 38.3 Å². The molecule has 0 bridgehead atoms. The summed E-state index contributed by atoms with van der Waals surface area (Å²) in [5, 5.41) is 13.6. The van der Waals surface area contributed by atoms with Crippen LogP contribution in [0.3, 0.4) is 0 Å². The summed E-state index contributed by atoms with van der Waals surface area (Å²) in [6.45, 7) is 1.79. The zero-order valence-electron chi connectivity index (χ0n) is 14.9. The van der Waals surface area contributed by atoms with Crippen LogP contribution in [0, 0.1) is 10.1 Å². The Kier molecular flexibility index (Phi) is 3.95. The second kappa shape index (κ2) is 6.19. The van der Waals surface area contributed by atoms with Gasteiger partial charge in [0.1, 0.15) is 5.54 Å². The molecule has 1 aliphatic carbocycles. The highest BCUT2D eigenvalue weighted by atomic mass is 16.6. The van der Waals surface area contributed by atoms with Gasteiger partial charge in [-0.2, -0.15) is 0 Å². The number of nitrogens with one attached hydrogen (secondary N) is 1. The Balaban J connectivity index is 1.58. The van der Waals surface area contributed by atoms with Crippen LogP contribution in [0.4, 0.5) is 10.5 Å². The maximum Gasteiger partial charge on any atom is 0.325 e. The number of benzene rings is 2. The van der Waals surface area contributed by atoms with Gasteiger partial charge in [0.2, 0.25) is 0 Å². The molecule has 0 aromatic heterocycles. The van der Waals surface area contributed by atoms with E-state index in [4.69, 9.17) is 0 Å². The fraction of sp³-hybridized carbons (Fsp3) is 0.300. The molecule has 2 aliphatic rings. The minimum Gasteiger partial charge on any atom is -0.319 e. The van der Waals surface area contributed by atoms with Crippen LogP contribution in [-0.2, 0) is 29.7 Å². The molecule has 2 aromatic rings. The van der Waals surface area contributed by atoms with Crippen molar-refractivity contribution >= 4 is 17.6 Å². The fourth-order valence-corrected chi connectivity index (χ4v) is 3.82. The summed E-state index contributed by atoms with van der Waals surface area (Å²) < 4.78 is 0. The van der Waals surface area contributed by atoms with Crippen LogP contribution in [0.1, 0.15) is 35.6 Å². The molecular formula is C20H19N3O4. The van der Waals surface area contributed by atoms with Gasteiger partial charge in [0, 0.05) is 12.1 Å². The van der Waals surface area contributed by atoms with Gasteiger partial charge in [-0.15, -0.1) is 0 Å². The molecule has 1 saturated heterocycles. The van der Waals surface area contributed by atoms with Crippen LogP contribution in [0.25, 0.3) is 0 Å². The van der Waals surface area contributed by atoms with Crippen LogP contribution in [0.5, 0.6) is 0 Å². The van der Waals surface area contributed by atoms with E-state index < -0.39 is 16.5 Å². The molecule has 0 spiro atoms. The molecule has 7 heteroatoms. The number of carbonyl (C=O) groups is 2. The van der Waals surface area contributed by atoms with Crippen LogP contribution in [0.15, 0.2) is 42.5 Å². The lowest BCUT2D eigenvalue weighted by atomic mass is 9.89. The highest BCUT2D eigenvalue weighted by Crippen LogP contribution is 2.33. The van der Waals surface area contributed by atoms with Crippen LogP contribution >= 0.6 is 0 Å². The number of aryl methyl sites for hydroxylation is 2. The summed E-state index contributed by atoms with van der Waals surface area (Å²) in [6, 6.07) is 11.4. The van der Waals surface area contributed by atoms with Crippen LogP contribution in [0.2, 0.25) is 0 Å². The molecule has 138 valence electrons. The van der Waals surface area contributed by atoms with Crippen molar-refractivity contribution in [3.8, 4) is 0 Å². The molecule has 0 radical (unpaired) electrons. The maximum atomic E-state index is 13.1. The Bertz CT molecular complexity index is 954. The Morgan fingerprint density at radius 3 is 2.52 bits per heavy atom. The van der Waals surface area contributed by atoms with Gasteiger partial charge >= 0.3 is 6.03 Å². The molecule has 3 amide bonds. The number of amides is 3. The summed E-state index contributed by atoms with van der Waals surface area (Å²) in [7, 11) is 0. The number of nitrogens with zero attached hydrogens (tertiary/aromatic N) is 2. The van der Waals surface area contributed by atoms with E-state index in [-0.39, 0.29) is 18.1 Å². The smallest absolute Gasteiger partial charge is 0.319 e. The molecule has 2 aromatic carbocycles. The average Bonchev–Trinajstić information content (AvgIpc) is 3.20. The maximum absolute atomic E-state index is 13.1. The van der Waals surface area contributed by atoms with E-state index in [0.717, 1.165) is 29.7 Å². The van der Waals surface area contributed by atoms with E-state index in [1.165, 1.54) is 23.3 Å². The van der Waals surface area contributed by atoms with E-state index in [2.05, 4.69) is 5.32 Å². The van der Waals surface area contributed by atoms with Gasteiger partial charge in [-0.25, -0.2) is 4.79 Å². The van der Waals surface area contributed by atoms with Gasteiger partial charge in [-0.3, -0.25) is 19.8 Å². The standard InChI is InChI=1S/C20H19N3O4/c1-20(16-8-7-14-3-2-4-15(14)11-16)18(24)22(19(25)21-20)12-13-5-9-17(10-6-13)23(26)27/h5-11H,2-4,12H2,1H3,(H,21,25). The first-order valence-electron chi connectivity index (χ1n) is 8.88. The van der Waals surface area contributed by atoms with Crippen molar-refractivity contribution < 1.29 is 14.5 Å². The summed E-state index contributed by atoms with van der Waals surface area (Å²) in [4.78, 5) is 37.0. The number of imide groups is 1. The Hall–Kier alpha value is -3.22. The van der Waals surface area contributed by atoms with E-state index in [0.29, 0.717) is 5.56 Å². The minimum absolute atomic E-state index is 0.0288. The SMILES string of the molecule is CC1(c2ccc3c(c2)CCC3)NC(=O)N(Cc2ccc([N+](=O)[O-])cc2)C1=O. The van der Waals surface area contributed by atoms with Gasteiger partial charge in [-0.05, 0) is 48.4 Å². The van der Waals surface area contributed by atoms with Gasteiger partial charge < -0.3 is 5.32 Å². The number of hydrogen-bond donors (Lipinski definition) is 1. The number of hydrogen-bond acceptors (Lipinski definition) is 4. The summed E-state index contributed by atoms with van der Waals surface area (Å²) in [5.41, 5.74) is 2.86. The summed E-state index contributed by atoms with van der Waals surface area (Å²) in [6.07, 6.45) is 3.16. The van der Waals surface area contributed by atoms with Crippen molar-refractivity contribution in [2.24, 2.45) is 0 Å². The molecule has 4 rings (SSSR count). The predicted octanol–water partition coefficient (Wildman–Crippen LogP) is 3.05. The van der Waals surface area contributed by atoms with E-state index >= 15 is 0 Å². The second-order valence-electron chi connectivity index (χ2n) is 7.21. The first-order chi connectivity index (χ1) is 12.9. The molecule has 1 atom stereocenters. The molecular weight excluding hydrogens is 346 g/mol. The van der Waals surface area contributed by atoms with Gasteiger partial charge in [-0.1, -0.05) is 30.3 Å². The molecule has 1 unspecified atom stereocenters. The number of non-ortho nitro benzene ring substituents is 1. The third kappa shape index (κ3) is 2.85. The van der Waals surface area contributed by atoms with Crippen molar-refractivity contribution in [3.63, 3.8) is 0 Å². The molecule has 1 fully saturated rings. The first-order valence-corrected chi connectivity index (χ1v) is 8.88. The Labute approximate surface area is 156 Å². The summed E-state index contributed by atoms with van der Waals surface area (Å²) >= 11 is 0. The van der Waals surface area contributed by atoms with Crippen molar-refractivity contribution in [3.05, 3.63) is 74.8 Å². The quantitative estimate of drug-likeness (QED) is 0.512. The van der Waals surface area contributed by atoms with Crippen LogP contribution < -0.4 is 5.32 Å². The Morgan fingerprint density at radius 2 is 1.81 bits per heavy atom. The van der Waals surface area contributed by atoms with Crippen molar-refractivity contribution in [1.82, 2.24) is 10.2 Å². The van der Waals surface area contributed by atoms with E-state index in [1.807, 2.05) is 18.2 Å². The van der Waals surface area contributed by atoms with E-state index in [9.17, 15) is 19.7 Å². The third-order valence-electron chi connectivity index (χ3n) is 5.44. The lowest BCUT2D eigenvalue weighted by Gasteiger charge is -2.23. The summed E-state index contributed by atoms with van der Waals surface area (Å²) in [5.74, 6) is -0.316. The van der Waals surface area contributed by atoms with Gasteiger partial charge in [0.05, 0.1) is 11.5 Å². The lowest BCUT2D eigenvalue weighted by molar-refractivity contribution is -0.384. The predicted molar refractivity (Wildman–Crippen MR) is 98.0 cm³/mol. The van der Waals surface area contributed by atoms with Gasteiger partial charge in [0.15, 0.2) is 0 Å². The van der Waals surface area contributed by atoms with Crippen LogP contribution in [-0.4, -0.2) is 21.8 Å². The molecule has 0 saturated carbocycles. The molecule has 1 N–H and O–H groups in total. The number of nitro benzene ring substituents is 1. The number of fused-ring (bicyclic) bond motifs is 1. The first kappa shape index (κ1) is 17.2. The number of carbonyl (C=O) groups excluding carboxylic acids is 2. The second-order valence-corrected chi connectivity index (χ2v) is 7.21. The lowest BCUT2D eigenvalue weighted by Crippen LogP contribution is -2.40. The largest absolute Gasteiger partial charge is 0.325 e. The minimum atomic E-state index is -1.10. The zero-order chi connectivity index (χ0) is 19.2. The highest BCUT2D eigenvalue weighted by Gasteiger charge is 2.49. The van der Waals surface area contributed by atoms with Crippen molar-refractivity contribution in [1.29, 1.82) is 0 Å². The Morgan fingerprint density at radius 1 is 1.11 bits per heavy atom. The normalized spacial score (nSPS) is 21.3. The van der Waals surface area contributed by atoms with Crippen molar-refractivity contribution in [2.75, 3.05) is 0 Å².